The maximum atomic E-state index is 13.3. The number of hydrogen-bond acceptors (Lipinski definition) is 4. The van der Waals surface area contributed by atoms with E-state index in [4.69, 9.17) is 4.42 Å². The van der Waals surface area contributed by atoms with Crippen molar-refractivity contribution in [3.05, 3.63) is 72.5 Å². The van der Waals surface area contributed by atoms with Crippen LogP contribution in [0.15, 0.2) is 71.3 Å². The van der Waals surface area contributed by atoms with Crippen LogP contribution in [0.2, 0.25) is 0 Å². The van der Waals surface area contributed by atoms with Crippen LogP contribution in [-0.2, 0) is 9.59 Å². The SMILES string of the molecule is O=C(Nc1ccc2nc(-c3ccco3)[nH]c2c1)C(c1ccccc1)N1CCCCC1=O. The van der Waals surface area contributed by atoms with Crippen LogP contribution in [0.1, 0.15) is 30.9 Å². The van der Waals surface area contributed by atoms with Crippen LogP contribution in [0.25, 0.3) is 22.6 Å². The van der Waals surface area contributed by atoms with Crippen molar-refractivity contribution in [2.24, 2.45) is 0 Å². The molecule has 1 unspecified atom stereocenters. The van der Waals surface area contributed by atoms with E-state index in [-0.39, 0.29) is 11.8 Å². The number of rotatable bonds is 5. The first kappa shape index (κ1) is 19.1. The van der Waals surface area contributed by atoms with Crippen molar-refractivity contribution in [2.75, 3.05) is 11.9 Å². The van der Waals surface area contributed by atoms with Gasteiger partial charge in [-0.05, 0) is 48.7 Å². The van der Waals surface area contributed by atoms with Crippen LogP contribution in [0.4, 0.5) is 5.69 Å². The van der Waals surface area contributed by atoms with E-state index in [1.807, 2.05) is 54.6 Å². The van der Waals surface area contributed by atoms with Gasteiger partial charge in [0.1, 0.15) is 6.04 Å². The summed E-state index contributed by atoms with van der Waals surface area (Å²) in [6.45, 7) is 0.581. The summed E-state index contributed by atoms with van der Waals surface area (Å²) in [6.07, 6.45) is 3.84. The standard InChI is InChI=1S/C24H22N4O3/c29-21-10-4-5-13-28(21)22(16-7-2-1-3-8-16)24(30)25-17-11-12-18-19(15-17)27-23(26-18)20-9-6-14-31-20/h1-3,6-9,11-12,14-15,22H,4-5,10,13H2,(H,25,30)(H,26,27). The minimum atomic E-state index is -0.662. The minimum Gasteiger partial charge on any atom is -0.461 e. The molecule has 0 aliphatic carbocycles. The van der Waals surface area contributed by atoms with Crippen LogP contribution in [0, 0.1) is 0 Å². The van der Waals surface area contributed by atoms with Crippen molar-refractivity contribution in [1.82, 2.24) is 14.9 Å². The summed E-state index contributed by atoms with van der Waals surface area (Å²) in [4.78, 5) is 35.4. The fourth-order valence-electron chi connectivity index (χ4n) is 4.04. The number of nitrogens with one attached hydrogen (secondary N) is 2. The van der Waals surface area contributed by atoms with Crippen LogP contribution >= 0.6 is 0 Å². The zero-order valence-corrected chi connectivity index (χ0v) is 16.9. The average Bonchev–Trinajstić information content (AvgIpc) is 3.45. The second-order valence-corrected chi connectivity index (χ2v) is 7.64. The van der Waals surface area contributed by atoms with Crippen molar-refractivity contribution < 1.29 is 14.0 Å². The molecule has 1 aliphatic rings. The molecule has 1 aliphatic heterocycles. The second kappa shape index (κ2) is 8.10. The third kappa shape index (κ3) is 3.82. The highest BCUT2D eigenvalue weighted by molar-refractivity contribution is 5.99. The molecule has 0 bridgehead atoms. The van der Waals surface area contributed by atoms with Gasteiger partial charge in [0.05, 0.1) is 17.3 Å². The Labute approximate surface area is 179 Å². The van der Waals surface area contributed by atoms with Crippen LogP contribution < -0.4 is 5.32 Å². The quantitative estimate of drug-likeness (QED) is 0.502. The van der Waals surface area contributed by atoms with Gasteiger partial charge in [-0.3, -0.25) is 9.59 Å². The highest BCUT2D eigenvalue weighted by atomic mass is 16.3. The Hall–Kier alpha value is -3.87. The van der Waals surface area contributed by atoms with Crippen LogP contribution in [-0.4, -0.2) is 33.2 Å². The Morgan fingerprint density at radius 1 is 1.10 bits per heavy atom. The lowest BCUT2D eigenvalue weighted by Crippen LogP contribution is -2.43. The number of carbonyl (C=O) groups is 2. The number of furan rings is 1. The molecule has 4 aromatic rings. The summed E-state index contributed by atoms with van der Waals surface area (Å²) in [5.41, 5.74) is 3.00. The van der Waals surface area contributed by atoms with Crippen molar-refractivity contribution in [3.63, 3.8) is 0 Å². The van der Waals surface area contributed by atoms with E-state index < -0.39 is 6.04 Å². The summed E-state index contributed by atoms with van der Waals surface area (Å²) in [5, 5.41) is 2.99. The number of imidazole rings is 1. The number of amides is 2. The molecule has 1 saturated heterocycles. The molecule has 2 aromatic carbocycles. The highest BCUT2D eigenvalue weighted by Crippen LogP contribution is 2.28. The fraction of sp³-hybridized carbons (Fsp3) is 0.208. The van der Waals surface area contributed by atoms with Gasteiger partial charge in [-0.15, -0.1) is 0 Å². The highest BCUT2D eigenvalue weighted by Gasteiger charge is 2.32. The molecule has 2 aromatic heterocycles. The number of aromatic amines is 1. The molecular weight excluding hydrogens is 392 g/mol. The number of H-pyrrole nitrogens is 1. The third-order valence-corrected chi connectivity index (χ3v) is 5.54. The molecule has 0 spiro atoms. The van der Waals surface area contributed by atoms with E-state index in [2.05, 4.69) is 15.3 Å². The fourth-order valence-corrected chi connectivity index (χ4v) is 4.04. The number of anilines is 1. The number of hydrogen-bond donors (Lipinski definition) is 2. The van der Waals surface area contributed by atoms with Crippen LogP contribution in [0.5, 0.6) is 0 Å². The molecule has 156 valence electrons. The molecule has 1 fully saturated rings. The zero-order valence-electron chi connectivity index (χ0n) is 16.9. The first-order valence-electron chi connectivity index (χ1n) is 10.4. The second-order valence-electron chi connectivity index (χ2n) is 7.64. The number of carbonyl (C=O) groups excluding carboxylic acids is 2. The number of fused-ring (bicyclic) bond motifs is 1. The van der Waals surface area contributed by atoms with Crippen molar-refractivity contribution in [3.8, 4) is 11.6 Å². The summed E-state index contributed by atoms with van der Waals surface area (Å²) in [6, 6.07) is 17.9. The zero-order chi connectivity index (χ0) is 21.2. The number of benzene rings is 2. The topological polar surface area (TPSA) is 91.2 Å². The Morgan fingerprint density at radius 3 is 2.74 bits per heavy atom. The number of piperidine rings is 1. The Morgan fingerprint density at radius 2 is 1.97 bits per heavy atom. The van der Waals surface area contributed by atoms with Crippen molar-refractivity contribution in [2.45, 2.75) is 25.3 Å². The molecule has 1 atom stereocenters. The minimum absolute atomic E-state index is 0.0161. The van der Waals surface area contributed by atoms with Gasteiger partial charge in [0.25, 0.3) is 5.91 Å². The summed E-state index contributed by atoms with van der Waals surface area (Å²) in [7, 11) is 0. The molecule has 0 radical (unpaired) electrons. The van der Waals surface area contributed by atoms with E-state index in [1.54, 1.807) is 17.2 Å². The van der Waals surface area contributed by atoms with E-state index >= 15 is 0 Å². The number of likely N-dealkylation sites (tertiary alicyclic amines) is 1. The molecule has 7 heteroatoms. The van der Waals surface area contributed by atoms with Gasteiger partial charge in [-0.2, -0.15) is 0 Å². The summed E-state index contributed by atoms with van der Waals surface area (Å²) < 4.78 is 5.40. The molecule has 31 heavy (non-hydrogen) atoms. The molecule has 5 rings (SSSR count). The maximum absolute atomic E-state index is 13.3. The normalized spacial score (nSPS) is 15.2. The number of nitrogens with zero attached hydrogens (tertiary/aromatic N) is 2. The Balaban J connectivity index is 1.43. The van der Waals surface area contributed by atoms with Gasteiger partial charge in [0.2, 0.25) is 5.91 Å². The van der Waals surface area contributed by atoms with Gasteiger partial charge in [0, 0.05) is 18.7 Å². The van der Waals surface area contributed by atoms with Crippen LogP contribution in [0.3, 0.4) is 0 Å². The molecule has 3 heterocycles. The lowest BCUT2D eigenvalue weighted by atomic mass is 10.0. The summed E-state index contributed by atoms with van der Waals surface area (Å²) in [5.74, 6) is 1.06. The first-order valence-corrected chi connectivity index (χ1v) is 10.4. The predicted molar refractivity (Wildman–Crippen MR) is 117 cm³/mol. The Kier molecular flexibility index (Phi) is 5.00. The molecule has 2 amide bonds. The van der Waals surface area contributed by atoms with Gasteiger partial charge in [-0.25, -0.2) is 4.98 Å². The summed E-state index contributed by atoms with van der Waals surface area (Å²) >= 11 is 0. The van der Waals surface area contributed by atoms with Crippen molar-refractivity contribution >= 4 is 28.5 Å². The first-order chi connectivity index (χ1) is 15.2. The number of aromatic nitrogens is 2. The molecular formula is C24H22N4O3. The van der Waals surface area contributed by atoms with Crippen molar-refractivity contribution in [1.29, 1.82) is 0 Å². The Bertz CT molecular complexity index is 1210. The molecule has 0 saturated carbocycles. The van der Waals surface area contributed by atoms with E-state index in [0.29, 0.717) is 30.2 Å². The maximum Gasteiger partial charge on any atom is 0.251 e. The monoisotopic (exact) mass is 414 g/mol. The van der Waals surface area contributed by atoms with E-state index in [9.17, 15) is 9.59 Å². The van der Waals surface area contributed by atoms with E-state index in [0.717, 1.165) is 29.4 Å². The lowest BCUT2D eigenvalue weighted by Gasteiger charge is -2.34. The largest absolute Gasteiger partial charge is 0.461 e. The average molecular weight is 414 g/mol. The van der Waals surface area contributed by atoms with E-state index in [1.165, 1.54) is 0 Å². The predicted octanol–water partition coefficient (Wildman–Crippen LogP) is 4.52. The lowest BCUT2D eigenvalue weighted by molar-refractivity contribution is -0.141. The van der Waals surface area contributed by atoms with Gasteiger partial charge < -0.3 is 19.6 Å². The smallest absolute Gasteiger partial charge is 0.251 e. The third-order valence-electron chi connectivity index (χ3n) is 5.54. The van der Waals surface area contributed by atoms with Gasteiger partial charge >= 0.3 is 0 Å². The molecule has 7 nitrogen and oxygen atoms in total. The van der Waals surface area contributed by atoms with Gasteiger partial charge in [-0.1, -0.05) is 30.3 Å². The molecule has 2 N–H and O–H groups in total. The van der Waals surface area contributed by atoms with Gasteiger partial charge in [0.15, 0.2) is 11.6 Å².